The van der Waals surface area contributed by atoms with Crippen molar-refractivity contribution in [2.24, 2.45) is 0 Å². The van der Waals surface area contributed by atoms with Crippen molar-refractivity contribution in [1.82, 2.24) is 0 Å². The Morgan fingerprint density at radius 2 is 1.84 bits per heavy atom. The van der Waals surface area contributed by atoms with Crippen molar-refractivity contribution in [1.29, 1.82) is 0 Å². The molecule has 1 aromatic carbocycles. The molecule has 0 fully saturated rings. The molecule has 0 saturated heterocycles. The molecule has 1 rings (SSSR count). The molecule has 19 heavy (non-hydrogen) atoms. The number of hydrogen-bond donors (Lipinski definition) is 1. The smallest absolute Gasteiger partial charge is 0.303 e. The third kappa shape index (κ3) is 5.83. The van der Waals surface area contributed by atoms with Crippen molar-refractivity contribution in [2.45, 2.75) is 31.8 Å². The molecule has 1 aromatic rings. The summed E-state index contributed by atoms with van der Waals surface area (Å²) in [6.45, 7) is 0.397. The lowest BCUT2D eigenvalue weighted by atomic mass is 10.2. The molecule has 1 N–H and O–H groups in total. The first-order valence-corrected chi connectivity index (χ1v) is 6.10. The highest BCUT2D eigenvalue weighted by Crippen LogP contribution is 2.14. The minimum atomic E-state index is -0.862. The highest BCUT2D eigenvalue weighted by molar-refractivity contribution is 5.66. The summed E-state index contributed by atoms with van der Waals surface area (Å²) in [5.74, 6) is -0.862. The fourth-order valence-electron chi connectivity index (χ4n) is 1.74. The zero-order chi connectivity index (χ0) is 14.1. The number of methoxy groups -OCH3 is 2. The van der Waals surface area contributed by atoms with E-state index in [9.17, 15) is 4.79 Å². The standard InChI is InChI=1S/C14H20O5/c1-17-14(18-2)12(8-9-13(15)16)19-10-11-6-4-3-5-7-11/h3-7,12,14H,8-10H2,1-2H3,(H,15,16)/t12-/m0/s1. The molecule has 0 bridgehead atoms. The molecule has 0 aliphatic rings. The van der Waals surface area contributed by atoms with E-state index in [1.54, 1.807) is 0 Å². The van der Waals surface area contributed by atoms with Crippen LogP contribution in [0, 0.1) is 0 Å². The second kappa shape index (κ2) is 8.63. The average Bonchev–Trinajstić information content (AvgIpc) is 2.43. The Morgan fingerprint density at radius 1 is 1.21 bits per heavy atom. The molecule has 0 saturated carbocycles. The Hall–Kier alpha value is -1.43. The summed E-state index contributed by atoms with van der Waals surface area (Å²) in [5, 5.41) is 8.74. The second-order valence-electron chi connectivity index (χ2n) is 4.11. The summed E-state index contributed by atoms with van der Waals surface area (Å²) in [5.41, 5.74) is 1.02. The van der Waals surface area contributed by atoms with Crippen molar-refractivity contribution in [3.8, 4) is 0 Å². The summed E-state index contributed by atoms with van der Waals surface area (Å²) in [7, 11) is 3.02. The molecular formula is C14H20O5. The lowest BCUT2D eigenvalue weighted by Crippen LogP contribution is -2.33. The van der Waals surface area contributed by atoms with Gasteiger partial charge in [-0.1, -0.05) is 30.3 Å². The summed E-state index contributed by atoms with van der Waals surface area (Å²) in [6.07, 6.45) is -0.619. The van der Waals surface area contributed by atoms with E-state index in [0.29, 0.717) is 13.0 Å². The predicted molar refractivity (Wildman–Crippen MR) is 69.7 cm³/mol. The normalized spacial score (nSPS) is 12.6. The van der Waals surface area contributed by atoms with Crippen molar-refractivity contribution in [2.75, 3.05) is 14.2 Å². The minimum absolute atomic E-state index is 0.0165. The van der Waals surface area contributed by atoms with Gasteiger partial charge in [-0.2, -0.15) is 0 Å². The van der Waals surface area contributed by atoms with Gasteiger partial charge in [-0.15, -0.1) is 0 Å². The lowest BCUT2D eigenvalue weighted by molar-refractivity contribution is -0.187. The van der Waals surface area contributed by atoms with Gasteiger partial charge in [0, 0.05) is 20.6 Å². The van der Waals surface area contributed by atoms with Gasteiger partial charge in [0.2, 0.25) is 0 Å². The fourth-order valence-corrected chi connectivity index (χ4v) is 1.74. The zero-order valence-corrected chi connectivity index (χ0v) is 11.2. The Morgan fingerprint density at radius 3 is 2.37 bits per heavy atom. The van der Waals surface area contributed by atoms with Crippen molar-refractivity contribution in [3.63, 3.8) is 0 Å². The molecule has 0 heterocycles. The first kappa shape index (κ1) is 15.6. The Bertz CT molecular complexity index is 361. The molecule has 0 aromatic heterocycles. The van der Waals surface area contributed by atoms with E-state index in [-0.39, 0.29) is 6.42 Å². The Kier molecular flexibility index (Phi) is 7.10. The average molecular weight is 268 g/mol. The lowest BCUT2D eigenvalue weighted by Gasteiger charge is -2.24. The van der Waals surface area contributed by atoms with E-state index < -0.39 is 18.4 Å². The fraction of sp³-hybridized carbons (Fsp3) is 0.500. The quantitative estimate of drug-likeness (QED) is 0.694. The molecule has 106 valence electrons. The van der Waals surface area contributed by atoms with Gasteiger partial charge in [-0.05, 0) is 12.0 Å². The van der Waals surface area contributed by atoms with Crippen LogP contribution in [0.15, 0.2) is 30.3 Å². The summed E-state index contributed by atoms with van der Waals surface area (Å²) >= 11 is 0. The molecular weight excluding hydrogens is 248 g/mol. The molecule has 0 radical (unpaired) electrons. The topological polar surface area (TPSA) is 65.0 Å². The van der Waals surface area contributed by atoms with Crippen LogP contribution in [0.4, 0.5) is 0 Å². The number of carboxylic acid groups (broad SMARTS) is 1. The van der Waals surface area contributed by atoms with Gasteiger partial charge in [-0.3, -0.25) is 4.79 Å². The SMILES string of the molecule is COC(OC)[C@H](CCC(=O)O)OCc1ccccc1. The van der Waals surface area contributed by atoms with Crippen molar-refractivity contribution >= 4 is 5.97 Å². The van der Waals surface area contributed by atoms with Crippen LogP contribution < -0.4 is 0 Å². The number of benzene rings is 1. The van der Waals surface area contributed by atoms with Crippen LogP contribution >= 0.6 is 0 Å². The van der Waals surface area contributed by atoms with Gasteiger partial charge in [0.05, 0.1) is 6.61 Å². The van der Waals surface area contributed by atoms with Gasteiger partial charge >= 0.3 is 5.97 Å². The molecule has 5 heteroatoms. The highest BCUT2D eigenvalue weighted by atomic mass is 16.7. The maximum absolute atomic E-state index is 10.6. The number of carboxylic acids is 1. The molecule has 0 spiro atoms. The van der Waals surface area contributed by atoms with Gasteiger partial charge in [0.15, 0.2) is 6.29 Å². The Labute approximate surface area is 113 Å². The summed E-state index contributed by atoms with van der Waals surface area (Å²) < 4.78 is 16.0. The van der Waals surface area contributed by atoms with Gasteiger partial charge in [0.1, 0.15) is 6.10 Å². The van der Waals surface area contributed by atoms with Crippen LogP contribution in [-0.4, -0.2) is 37.7 Å². The van der Waals surface area contributed by atoms with E-state index in [1.807, 2.05) is 30.3 Å². The highest BCUT2D eigenvalue weighted by Gasteiger charge is 2.22. The predicted octanol–water partition coefficient (Wildman–Crippen LogP) is 2.06. The molecule has 5 nitrogen and oxygen atoms in total. The maximum atomic E-state index is 10.6. The van der Waals surface area contributed by atoms with Crippen LogP contribution in [-0.2, 0) is 25.6 Å². The number of ether oxygens (including phenoxy) is 3. The summed E-state index contributed by atoms with van der Waals surface area (Å²) in [6, 6.07) is 9.68. The maximum Gasteiger partial charge on any atom is 0.303 e. The van der Waals surface area contributed by atoms with Crippen molar-refractivity contribution < 1.29 is 24.1 Å². The van der Waals surface area contributed by atoms with Crippen LogP contribution in [0.1, 0.15) is 18.4 Å². The molecule has 0 unspecified atom stereocenters. The Balaban J connectivity index is 2.55. The largest absolute Gasteiger partial charge is 0.481 e. The van der Waals surface area contributed by atoms with Crippen molar-refractivity contribution in [3.05, 3.63) is 35.9 Å². The summed E-state index contributed by atoms with van der Waals surface area (Å²) in [4.78, 5) is 10.6. The number of aliphatic carboxylic acids is 1. The van der Waals surface area contributed by atoms with Gasteiger partial charge < -0.3 is 19.3 Å². The first-order valence-electron chi connectivity index (χ1n) is 6.10. The van der Waals surface area contributed by atoms with E-state index in [2.05, 4.69) is 0 Å². The molecule has 0 aliphatic carbocycles. The van der Waals surface area contributed by atoms with E-state index in [0.717, 1.165) is 5.56 Å². The van der Waals surface area contributed by atoms with E-state index in [4.69, 9.17) is 19.3 Å². The van der Waals surface area contributed by atoms with Crippen LogP contribution in [0.3, 0.4) is 0 Å². The van der Waals surface area contributed by atoms with E-state index >= 15 is 0 Å². The molecule has 0 amide bonds. The first-order chi connectivity index (χ1) is 9.17. The van der Waals surface area contributed by atoms with Crippen LogP contribution in [0.2, 0.25) is 0 Å². The zero-order valence-electron chi connectivity index (χ0n) is 11.2. The minimum Gasteiger partial charge on any atom is -0.481 e. The molecule has 0 aliphatic heterocycles. The number of rotatable bonds is 9. The molecule has 1 atom stereocenters. The third-order valence-corrected chi connectivity index (χ3v) is 2.72. The third-order valence-electron chi connectivity index (χ3n) is 2.72. The second-order valence-corrected chi connectivity index (χ2v) is 4.11. The monoisotopic (exact) mass is 268 g/mol. The van der Waals surface area contributed by atoms with Crippen LogP contribution in [0.25, 0.3) is 0 Å². The van der Waals surface area contributed by atoms with E-state index in [1.165, 1.54) is 14.2 Å². The van der Waals surface area contributed by atoms with Crippen LogP contribution in [0.5, 0.6) is 0 Å². The number of carbonyl (C=O) groups is 1. The van der Waals surface area contributed by atoms with Gasteiger partial charge in [0.25, 0.3) is 0 Å². The van der Waals surface area contributed by atoms with Gasteiger partial charge in [-0.25, -0.2) is 0 Å². The number of hydrogen-bond acceptors (Lipinski definition) is 4.